The van der Waals surface area contributed by atoms with E-state index in [-0.39, 0.29) is 6.04 Å². The van der Waals surface area contributed by atoms with E-state index in [1.807, 2.05) is 6.08 Å². The lowest BCUT2D eigenvalue weighted by Gasteiger charge is -2.44. The second-order valence-electron chi connectivity index (χ2n) is 6.81. The molecule has 0 fully saturated rings. The standard InChI is InChI=1S/C19H23N3O/c1-3-7-22-10-13(20-11-23)8-16-14-5-4-6-17-19(14)15(9-18(16)22)12(2)21-17/h3-6,8,11-13,15,18,21H,1,7,9-10H2,2H3,(H,20,23)/t12?,13-,15+,18+/m0/s1. The summed E-state index contributed by atoms with van der Waals surface area (Å²) in [7, 11) is 0. The van der Waals surface area contributed by atoms with E-state index in [9.17, 15) is 4.79 Å². The molecule has 2 aliphatic heterocycles. The Balaban J connectivity index is 1.82. The van der Waals surface area contributed by atoms with E-state index in [4.69, 9.17) is 0 Å². The molecule has 0 saturated carbocycles. The first-order chi connectivity index (χ1) is 11.2. The quantitative estimate of drug-likeness (QED) is 0.663. The number of fused-ring (bicyclic) bond motifs is 2. The number of carbonyl (C=O) groups is 1. The molecule has 4 rings (SSSR count). The smallest absolute Gasteiger partial charge is 0.207 e. The van der Waals surface area contributed by atoms with Crippen LogP contribution < -0.4 is 10.6 Å². The highest BCUT2D eigenvalue weighted by molar-refractivity contribution is 5.82. The first kappa shape index (κ1) is 14.5. The maximum Gasteiger partial charge on any atom is 0.207 e. The number of nitrogens with zero attached hydrogens (tertiary/aromatic N) is 1. The third kappa shape index (κ3) is 2.20. The molecule has 120 valence electrons. The molecule has 1 unspecified atom stereocenters. The molecule has 0 aromatic heterocycles. The molecule has 0 spiro atoms. The molecule has 1 amide bonds. The zero-order valence-corrected chi connectivity index (χ0v) is 13.5. The minimum Gasteiger partial charge on any atom is -0.382 e. The van der Waals surface area contributed by atoms with Crippen molar-refractivity contribution in [1.29, 1.82) is 0 Å². The van der Waals surface area contributed by atoms with Gasteiger partial charge in [0.1, 0.15) is 0 Å². The van der Waals surface area contributed by atoms with Gasteiger partial charge < -0.3 is 10.6 Å². The molecule has 0 bridgehead atoms. The Bertz CT molecular complexity index is 681. The number of amides is 1. The Kier molecular flexibility index (Phi) is 3.49. The molecule has 23 heavy (non-hydrogen) atoms. The Morgan fingerprint density at radius 3 is 3.13 bits per heavy atom. The summed E-state index contributed by atoms with van der Waals surface area (Å²) in [5.74, 6) is 0.561. The van der Waals surface area contributed by atoms with Crippen LogP contribution >= 0.6 is 0 Å². The van der Waals surface area contributed by atoms with E-state index in [1.165, 1.54) is 22.4 Å². The SMILES string of the molecule is C=CCN1C[C@@H](NC=O)C=C2c3cccc4c3[C@H](C[C@H]21)C(C)N4. The van der Waals surface area contributed by atoms with Crippen molar-refractivity contribution in [1.82, 2.24) is 10.2 Å². The van der Waals surface area contributed by atoms with Gasteiger partial charge in [-0.2, -0.15) is 0 Å². The minimum absolute atomic E-state index is 0.0675. The summed E-state index contributed by atoms with van der Waals surface area (Å²) in [5.41, 5.74) is 5.46. The molecule has 4 atom stereocenters. The third-order valence-electron chi connectivity index (χ3n) is 5.51. The maximum absolute atomic E-state index is 10.9. The minimum atomic E-state index is 0.0675. The molecule has 2 N–H and O–H groups in total. The van der Waals surface area contributed by atoms with Gasteiger partial charge >= 0.3 is 0 Å². The summed E-state index contributed by atoms with van der Waals surface area (Å²) >= 11 is 0. The first-order valence-electron chi connectivity index (χ1n) is 8.39. The van der Waals surface area contributed by atoms with Gasteiger partial charge in [0.05, 0.1) is 6.04 Å². The largest absolute Gasteiger partial charge is 0.382 e. The highest BCUT2D eigenvalue weighted by atomic mass is 16.1. The van der Waals surface area contributed by atoms with E-state index in [2.05, 4.69) is 53.3 Å². The van der Waals surface area contributed by atoms with E-state index in [0.717, 1.165) is 25.9 Å². The van der Waals surface area contributed by atoms with Crippen molar-refractivity contribution in [3.63, 3.8) is 0 Å². The second kappa shape index (κ2) is 5.53. The Labute approximate surface area is 137 Å². The molecule has 4 heteroatoms. The molecule has 1 aromatic rings. The van der Waals surface area contributed by atoms with Crippen LogP contribution in [0.25, 0.3) is 5.57 Å². The molecule has 4 nitrogen and oxygen atoms in total. The summed E-state index contributed by atoms with van der Waals surface area (Å²) in [6.45, 7) is 7.89. The van der Waals surface area contributed by atoms with Gasteiger partial charge in [-0.1, -0.05) is 24.3 Å². The molecular weight excluding hydrogens is 286 g/mol. The number of rotatable bonds is 4. The van der Waals surface area contributed by atoms with E-state index in [1.54, 1.807) is 0 Å². The summed E-state index contributed by atoms with van der Waals surface area (Å²) in [4.78, 5) is 13.4. The van der Waals surface area contributed by atoms with Crippen molar-refractivity contribution >= 4 is 17.7 Å². The Morgan fingerprint density at radius 2 is 2.35 bits per heavy atom. The molecular formula is C19H23N3O. The van der Waals surface area contributed by atoms with Crippen molar-refractivity contribution in [3.8, 4) is 0 Å². The highest BCUT2D eigenvalue weighted by Crippen LogP contribution is 2.50. The summed E-state index contributed by atoms with van der Waals surface area (Å²) in [5, 5.41) is 6.57. The predicted octanol–water partition coefficient (Wildman–Crippen LogP) is 2.36. The number of hydrogen-bond acceptors (Lipinski definition) is 3. The lowest BCUT2D eigenvalue weighted by atomic mass is 9.73. The van der Waals surface area contributed by atoms with E-state index < -0.39 is 0 Å². The first-order valence-corrected chi connectivity index (χ1v) is 8.39. The van der Waals surface area contributed by atoms with Crippen molar-refractivity contribution in [2.75, 3.05) is 18.4 Å². The molecule has 3 aliphatic rings. The summed E-state index contributed by atoms with van der Waals surface area (Å²) in [6, 6.07) is 7.50. The predicted molar refractivity (Wildman–Crippen MR) is 93.4 cm³/mol. The van der Waals surface area contributed by atoms with Crippen LogP contribution in [0, 0.1) is 0 Å². The zero-order valence-electron chi connectivity index (χ0n) is 13.5. The van der Waals surface area contributed by atoms with Crippen LogP contribution in [-0.4, -0.2) is 42.5 Å². The average Bonchev–Trinajstić information content (AvgIpc) is 2.86. The molecule has 1 aliphatic carbocycles. The van der Waals surface area contributed by atoms with Crippen molar-refractivity contribution in [3.05, 3.63) is 48.1 Å². The fourth-order valence-electron chi connectivity index (χ4n) is 4.56. The third-order valence-corrected chi connectivity index (χ3v) is 5.51. The van der Waals surface area contributed by atoms with Gasteiger partial charge in [-0.25, -0.2) is 0 Å². The highest BCUT2D eigenvalue weighted by Gasteiger charge is 2.42. The number of carbonyl (C=O) groups excluding carboxylic acids is 1. The fourth-order valence-corrected chi connectivity index (χ4v) is 4.56. The molecule has 0 saturated heterocycles. The number of hydrogen-bond donors (Lipinski definition) is 2. The Hall–Kier alpha value is -2.07. The molecule has 2 heterocycles. The van der Waals surface area contributed by atoms with Gasteiger partial charge in [-0.15, -0.1) is 6.58 Å². The fraction of sp³-hybridized carbons (Fsp3) is 0.421. The zero-order chi connectivity index (χ0) is 16.0. The number of nitrogens with one attached hydrogen (secondary N) is 2. The van der Waals surface area contributed by atoms with Crippen molar-refractivity contribution in [2.45, 2.75) is 37.4 Å². The van der Waals surface area contributed by atoms with Gasteiger partial charge in [0, 0.05) is 36.8 Å². The number of benzene rings is 1. The lowest BCUT2D eigenvalue weighted by molar-refractivity contribution is -0.110. The van der Waals surface area contributed by atoms with Crippen LogP contribution in [0.5, 0.6) is 0 Å². The van der Waals surface area contributed by atoms with Crippen LogP contribution in [0.2, 0.25) is 0 Å². The van der Waals surface area contributed by atoms with Crippen LogP contribution in [0.1, 0.15) is 30.4 Å². The topological polar surface area (TPSA) is 44.4 Å². The van der Waals surface area contributed by atoms with Crippen LogP contribution in [-0.2, 0) is 4.79 Å². The van der Waals surface area contributed by atoms with Crippen molar-refractivity contribution in [2.24, 2.45) is 0 Å². The van der Waals surface area contributed by atoms with Gasteiger partial charge in [-0.3, -0.25) is 9.69 Å². The van der Waals surface area contributed by atoms with Gasteiger partial charge in [0.15, 0.2) is 0 Å². The average molecular weight is 309 g/mol. The monoisotopic (exact) mass is 309 g/mol. The van der Waals surface area contributed by atoms with Gasteiger partial charge in [-0.05, 0) is 36.1 Å². The number of anilines is 1. The molecule has 0 radical (unpaired) electrons. The second-order valence-corrected chi connectivity index (χ2v) is 6.81. The Morgan fingerprint density at radius 1 is 1.48 bits per heavy atom. The summed E-state index contributed by atoms with van der Waals surface area (Å²) in [6.07, 6.45) is 6.15. The van der Waals surface area contributed by atoms with Gasteiger partial charge in [0.25, 0.3) is 0 Å². The van der Waals surface area contributed by atoms with Crippen LogP contribution in [0.3, 0.4) is 0 Å². The van der Waals surface area contributed by atoms with Gasteiger partial charge in [0.2, 0.25) is 6.41 Å². The van der Waals surface area contributed by atoms with E-state index in [0.29, 0.717) is 18.0 Å². The lowest BCUT2D eigenvalue weighted by Crippen LogP contribution is -2.50. The van der Waals surface area contributed by atoms with E-state index >= 15 is 0 Å². The van der Waals surface area contributed by atoms with Crippen LogP contribution in [0.4, 0.5) is 5.69 Å². The molecule has 1 aromatic carbocycles. The van der Waals surface area contributed by atoms with Crippen molar-refractivity contribution < 1.29 is 4.79 Å². The maximum atomic E-state index is 10.9. The normalized spacial score (nSPS) is 31.4. The van der Waals surface area contributed by atoms with Crippen LogP contribution in [0.15, 0.2) is 36.9 Å². The summed E-state index contributed by atoms with van der Waals surface area (Å²) < 4.78 is 0.